The van der Waals surface area contributed by atoms with E-state index in [0.29, 0.717) is 0 Å². The average molecular weight is 335 g/mol. The number of hydrogen-bond acceptors (Lipinski definition) is 5. The van der Waals surface area contributed by atoms with E-state index in [1.807, 2.05) is 30.3 Å². The molecule has 2 rings (SSSR count). The summed E-state index contributed by atoms with van der Waals surface area (Å²) in [5, 5.41) is 0. The van der Waals surface area contributed by atoms with E-state index in [0.717, 1.165) is 5.56 Å². The molecule has 0 bridgehead atoms. The molecule has 0 saturated carbocycles. The Bertz CT molecular complexity index is 787. The van der Waals surface area contributed by atoms with Gasteiger partial charge in [-0.25, -0.2) is 17.9 Å². The quantitative estimate of drug-likeness (QED) is 0.816. The van der Waals surface area contributed by atoms with Crippen molar-refractivity contribution in [3.8, 4) is 5.75 Å². The first-order chi connectivity index (χ1) is 11.0. The zero-order chi connectivity index (χ0) is 16.9. The number of benzene rings is 2. The van der Waals surface area contributed by atoms with E-state index in [9.17, 15) is 13.2 Å². The van der Waals surface area contributed by atoms with Gasteiger partial charge in [-0.1, -0.05) is 30.3 Å². The summed E-state index contributed by atoms with van der Waals surface area (Å²) in [4.78, 5) is 12.0. The van der Waals surface area contributed by atoms with Gasteiger partial charge in [0.25, 0.3) is 0 Å². The predicted octanol–water partition coefficient (Wildman–Crippen LogP) is 1.96. The van der Waals surface area contributed by atoms with Crippen molar-refractivity contribution in [3.63, 3.8) is 0 Å². The highest BCUT2D eigenvalue weighted by Gasteiger charge is 2.20. The van der Waals surface area contributed by atoms with Gasteiger partial charge in [-0.2, -0.15) is 0 Å². The number of carbonyl (C=O) groups is 1. The fourth-order valence-corrected chi connectivity index (χ4v) is 2.85. The third kappa shape index (κ3) is 4.08. The topological polar surface area (TPSA) is 81.7 Å². The molecule has 6 nitrogen and oxygen atoms in total. The number of rotatable bonds is 6. The lowest BCUT2D eigenvalue weighted by Gasteiger charge is -2.11. The van der Waals surface area contributed by atoms with Crippen LogP contribution < -0.4 is 9.46 Å². The number of esters is 1. The molecule has 0 aliphatic rings. The van der Waals surface area contributed by atoms with Crippen molar-refractivity contribution in [1.82, 2.24) is 4.72 Å². The van der Waals surface area contributed by atoms with E-state index >= 15 is 0 Å². The number of nitrogens with one attached hydrogen (secondary N) is 1. The molecule has 2 aromatic carbocycles. The normalized spacial score (nSPS) is 11.0. The van der Waals surface area contributed by atoms with E-state index in [4.69, 9.17) is 9.47 Å². The molecule has 7 heteroatoms. The van der Waals surface area contributed by atoms with Gasteiger partial charge in [0.1, 0.15) is 17.3 Å². The maximum Gasteiger partial charge on any atom is 0.338 e. The lowest BCUT2D eigenvalue weighted by atomic mass is 10.2. The number of sulfonamides is 1. The first-order valence-corrected chi connectivity index (χ1v) is 8.29. The summed E-state index contributed by atoms with van der Waals surface area (Å²) in [7, 11) is -1.10. The Morgan fingerprint density at radius 3 is 2.43 bits per heavy atom. The summed E-state index contributed by atoms with van der Waals surface area (Å²) in [5.74, 6) is -0.456. The summed E-state index contributed by atoms with van der Waals surface area (Å²) in [5.41, 5.74) is 0.980. The predicted molar refractivity (Wildman–Crippen MR) is 84.8 cm³/mol. The van der Waals surface area contributed by atoms with Crippen molar-refractivity contribution < 1.29 is 22.7 Å². The number of methoxy groups -OCH3 is 1. The highest BCUT2D eigenvalue weighted by Crippen LogP contribution is 2.25. The van der Waals surface area contributed by atoms with Crippen LogP contribution in [0.2, 0.25) is 0 Å². The minimum atomic E-state index is -3.75. The van der Waals surface area contributed by atoms with Crippen molar-refractivity contribution in [2.24, 2.45) is 0 Å². The van der Waals surface area contributed by atoms with Crippen LogP contribution in [-0.2, 0) is 21.4 Å². The number of ether oxygens (including phenoxy) is 2. The largest absolute Gasteiger partial charge is 0.495 e. The lowest BCUT2D eigenvalue weighted by Crippen LogP contribution is -2.20. The van der Waals surface area contributed by atoms with Gasteiger partial charge in [-0.3, -0.25) is 0 Å². The molecule has 0 unspecified atom stereocenters. The van der Waals surface area contributed by atoms with Gasteiger partial charge in [-0.05, 0) is 30.8 Å². The van der Waals surface area contributed by atoms with E-state index in [-0.39, 0.29) is 22.8 Å². The van der Waals surface area contributed by atoms with Crippen molar-refractivity contribution >= 4 is 16.0 Å². The van der Waals surface area contributed by atoms with Crippen LogP contribution >= 0.6 is 0 Å². The Morgan fingerprint density at radius 2 is 1.83 bits per heavy atom. The third-order valence-electron chi connectivity index (χ3n) is 3.17. The van der Waals surface area contributed by atoms with Crippen LogP contribution in [-0.4, -0.2) is 28.5 Å². The standard InChI is InChI=1S/C16H17NO5S/c1-17-23(19,20)15-10-13(8-9-14(15)21-2)16(18)22-11-12-6-4-3-5-7-12/h3-10,17H,11H2,1-2H3. The summed E-state index contributed by atoms with van der Waals surface area (Å²) in [6.07, 6.45) is 0. The van der Waals surface area contributed by atoms with Crippen molar-refractivity contribution in [2.75, 3.05) is 14.2 Å². The lowest BCUT2D eigenvalue weighted by molar-refractivity contribution is 0.0472. The Balaban J connectivity index is 2.23. The van der Waals surface area contributed by atoms with Crippen LogP contribution in [0.15, 0.2) is 53.4 Å². The number of carbonyl (C=O) groups excluding carboxylic acids is 1. The fourth-order valence-electron chi connectivity index (χ4n) is 1.93. The molecule has 0 aliphatic carbocycles. The monoisotopic (exact) mass is 335 g/mol. The molecule has 0 aromatic heterocycles. The molecule has 0 spiro atoms. The van der Waals surface area contributed by atoms with Crippen LogP contribution in [0, 0.1) is 0 Å². The smallest absolute Gasteiger partial charge is 0.338 e. The summed E-state index contributed by atoms with van der Waals surface area (Å²) in [6, 6.07) is 13.3. The molecule has 0 saturated heterocycles. The second kappa shape index (κ2) is 7.26. The zero-order valence-electron chi connectivity index (χ0n) is 12.8. The second-order valence-corrected chi connectivity index (χ2v) is 6.49. The molecule has 0 atom stereocenters. The minimum absolute atomic E-state index is 0.111. The van der Waals surface area contributed by atoms with Gasteiger partial charge >= 0.3 is 5.97 Å². The molecular weight excluding hydrogens is 318 g/mol. The first kappa shape index (κ1) is 17.0. The Kier molecular flexibility index (Phi) is 5.36. The Labute approximate surface area is 135 Å². The molecule has 0 fully saturated rings. The maximum absolute atomic E-state index is 12.1. The second-order valence-electron chi connectivity index (χ2n) is 4.63. The van der Waals surface area contributed by atoms with Gasteiger partial charge in [0.15, 0.2) is 0 Å². The SMILES string of the molecule is CNS(=O)(=O)c1cc(C(=O)OCc2ccccc2)ccc1OC. The van der Waals surface area contributed by atoms with Crippen LogP contribution in [0.5, 0.6) is 5.75 Å². The van der Waals surface area contributed by atoms with Gasteiger partial charge in [0.05, 0.1) is 12.7 Å². The summed E-state index contributed by atoms with van der Waals surface area (Å²) in [6.45, 7) is 0.111. The average Bonchev–Trinajstić information content (AvgIpc) is 2.60. The fraction of sp³-hybridized carbons (Fsp3) is 0.188. The highest BCUT2D eigenvalue weighted by molar-refractivity contribution is 7.89. The van der Waals surface area contributed by atoms with E-state index < -0.39 is 16.0 Å². The summed E-state index contributed by atoms with van der Waals surface area (Å²) < 4.78 is 36.4. The van der Waals surface area contributed by atoms with Gasteiger partial charge < -0.3 is 9.47 Å². The van der Waals surface area contributed by atoms with Crippen LogP contribution in [0.25, 0.3) is 0 Å². The van der Waals surface area contributed by atoms with Crippen molar-refractivity contribution in [3.05, 3.63) is 59.7 Å². The maximum atomic E-state index is 12.1. The molecule has 122 valence electrons. The van der Waals surface area contributed by atoms with Crippen LogP contribution in [0.4, 0.5) is 0 Å². The molecule has 0 radical (unpaired) electrons. The van der Waals surface area contributed by atoms with Gasteiger partial charge in [0.2, 0.25) is 10.0 Å². The Hall–Kier alpha value is -2.38. The number of hydrogen-bond donors (Lipinski definition) is 1. The van der Waals surface area contributed by atoms with E-state index in [1.54, 1.807) is 0 Å². The highest BCUT2D eigenvalue weighted by atomic mass is 32.2. The van der Waals surface area contributed by atoms with Crippen molar-refractivity contribution in [1.29, 1.82) is 0 Å². The molecular formula is C16H17NO5S. The first-order valence-electron chi connectivity index (χ1n) is 6.80. The zero-order valence-corrected chi connectivity index (χ0v) is 13.6. The molecule has 0 amide bonds. The molecule has 0 heterocycles. The van der Waals surface area contributed by atoms with Gasteiger partial charge in [-0.15, -0.1) is 0 Å². The van der Waals surface area contributed by atoms with E-state index in [2.05, 4.69) is 4.72 Å². The van der Waals surface area contributed by atoms with Gasteiger partial charge in [0, 0.05) is 0 Å². The van der Waals surface area contributed by atoms with Crippen LogP contribution in [0.1, 0.15) is 15.9 Å². The minimum Gasteiger partial charge on any atom is -0.495 e. The molecule has 0 aliphatic heterocycles. The molecule has 2 aromatic rings. The Morgan fingerprint density at radius 1 is 1.13 bits per heavy atom. The molecule has 1 N–H and O–H groups in total. The van der Waals surface area contributed by atoms with E-state index in [1.165, 1.54) is 32.4 Å². The molecule has 23 heavy (non-hydrogen) atoms. The van der Waals surface area contributed by atoms with Crippen LogP contribution in [0.3, 0.4) is 0 Å². The van der Waals surface area contributed by atoms with Crippen molar-refractivity contribution in [2.45, 2.75) is 11.5 Å². The summed E-state index contributed by atoms with van der Waals surface area (Å²) >= 11 is 0. The third-order valence-corrected chi connectivity index (χ3v) is 4.61.